The number of fused-ring (bicyclic) bond motifs is 2. The molecule has 0 amide bonds. The number of methoxy groups -OCH3 is 1. The summed E-state index contributed by atoms with van der Waals surface area (Å²) in [5.74, 6) is 1.55. The SMILES string of the molecule is COc1ccc2[nH]nc(-c3nc4ccc(NC5CCN(Cc6ccccc6)CC5)cc4[nH]3)c2c1. The number of nitrogens with zero attached hydrogens (tertiary/aromatic N) is 3. The Balaban J connectivity index is 1.15. The van der Waals surface area contributed by atoms with Crippen molar-refractivity contribution >= 4 is 27.6 Å². The van der Waals surface area contributed by atoms with E-state index in [2.05, 4.69) is 73.9 Å². The van der Waals surface area contributed by atoms with Crippen molar-refractivity contribution < 1.29 is 4.74 Å². The van der Waals surface area contributed by atoms with Gasteiger partial charge in [-0.15, -0.1) is 0 Å². The van der Waals surface area contributed by atoms with E-state index in [1.165, 1.54) is 5.56 Å². The number of aromatic nitrogens is 4. The van der Waals surface area contributed by atoms with Crippen molar-refractivity contribution in [2.75, 3.05) is 25.5 Å². The summed E-state index contributed by atoms with van der Waals surface area (Å²) in [6.07, 6.45) is 2.28. The Kier molecular flexibility index (Phi) is 5.39. The van der Waals surface area contributed by atoms with Gasteiger partial charge in [0.25, 0.3) is 0 Å². The number of hydrogen-bond acceptors (Lipinski definition) is 5. The molecule has 5 aromatic rings. The minimum absolute atomic E-state index is 0.481. The van der Waals surface area contributed by atoms with E-state index in [4.69, 9.17) is 9.72 Å². The van der Waals surface area contributed by atoms with Gasteiger partial charge >= 0.3 is 0 Å². The second kappa shape index (κ2) is 8.83. The van der Waals surface area contributed by atoms with E-state index in [-0.39, 0.29) is 0 Å². The third kappa shape index (κ3) is 4.10. The highest BCUT2D eigenvalue weighted by Crippen LogP contribution is 2.30. The van der Waals surface area contributed by atoms with E-state index in [9.17, 15) is 0 Å². The summed E-state index contributed by atoms with van der Waals surface area (Å²) in [4.78, 5) is 10.8. The molecule has 0 unspecified atom stereocenters. The van der Waals surface area contributed by atoms with Crippen molar-refractivity contribution in [2.24, 2.45) is 0 Å². The fourth-order valence-corrected chi connectivity index (χ4v) is 4.82. The van der Waals surface area contributed by atoms with Gasteiger partial charge in [0.15, 0.2) is 5.82 Å². The first-order valence-corrected chi connectivity index (χ1v) is 11.8. The van der Waals surface area contributed by atoms with Crippen LogP contribution in [0, 0.1) is 0 Å². The van der Waals surface area contributed by atoms with E-state index in [1.54, 1.807) is 7.11 Å². The zero-order chi connectivity index (χ0) is 22.9. The number of likely N-dealkylation sites (tertiary alicyclic amines) is 1. The second-order valence-corrected chi connectivity index (χ2v) is 8.98. The summed E-state index contributed by atoms with van der Waals surface area (Å²) in [7, 11) is 1.67. The van der Waals surface area contributed by atoms with Gasteiger partial charge in [0.1, 0.15) is 11.4 Å². The fraction of sp³-hybridized carbons (Fsp3) is 0.259. The Morgan fingerprint density at radius 3 is 2.68 bits per heavy atom. The largest absolute Gasteiger partial charge is 0.497 e. The molecule has 172 valence electrons. The van der Waals surface area contributed by atoms with Gasteiger partial charge < -0.3 is 15.0 Å². The van der Waals surface area contributed by atoms with Gasteiger partial charge in [0.2, 0.25) is 0 Å². The van der Waals surface area contributed by atoms with Crippen LogP contribution in [0.25, 0.3) is 33.5 Å². The molecule has 3 aromatic carbocycles. The summed E-state index contributed by atoms with van der Waals surface area (Å²) in [6.45, 7) is 3.25. The van der Waals surface area contributed by atoms with Crippen molar-refractivity contribution in [1.29, 1.82) is 0 Å². The molecular formula is C27H28N6O. The van der Waals surface area contributed by atoms with Gasteiger partial charge in [-0.1, -0.05) is 30.3 Å². The maximum atomic E-state index is 5.38. The van der Waals surface area contributed by atoms with Crippen LogP contribution < -0.4 is 10.1 Å². The summed E-state index contributed by atoms with van der Waals surface area (Å²) >= 11 is 0. The Labute approximate surface area is 198 Å². The molecule has 1 fully saturated rings. The number of anilines is 1. The van der Waals surface area contributed by atoms with Crippen molar-refractivity contribution in [3.05, 3.63) is 72.3 Å². The second-order valence-electron chi connectivity index (χ2n) is 8.98. The van der Waals surface area contributed by atoms with Gasteiger partial charge in [-0.2, -0.15) is 5.10 Å². The zero-order valence-electron chi connectivity index (χ0n) is 19.2. The first-order chi connectivity index (χ1) is 16.7. The first-order valence-electron chi connectivity index (χ1n) is 11.8. The van der Waals surface area contributed by atoms with Crippen molar-refractivity contribution in [1.82, 2.24) is 25.1 Å². The molecule has 2 aromatic heterocycles. The number of rotatable bonds is 6. The average molecular weight is 453 g/mol. The summed E-state index contributed by atoms with van der Waals surface area (Å²) in [6, 6.07) is 23.4. The maximum absolute atomic E-state index is 5.38. The molecule has 3 N–H and O–H groups in total. The Morgan fingerprint density at radius 2 is 1.85 bits per heavy atom. The smallest absolute Gasteiger partial charge is 0.159 e. The van der Waals surface area contributed by atoms with Gasteiger partial charge in [-0.3, -0.25) is 10.00 Å². The molecule has 1 saturated heterocycles. The van der Waals surface area contributed by atoms with E-state index in [1.807, 2.05) is 18.2 Å². The molecule has 7 heteroatoms. The zero-order valence-corrected chi connectivity index (χ0v) is 19.2. The predicted molar refractivity (Wildman–Crippen MR) is 136 cm³/mol. The lowest BCUT2D eigenvalue weighted by molar-refractivity contribution is 0.211. The van der Waals surface area contributed by atoms with E-state index in [0.29, 0.717) is 6.04 Å². The number of aromatic amines is 2. The highest BCUT2D eigenvalue weighted by Gasteiger charge is 2.20. The number of H-pyrrole nitrogens is 2. The molecular weight excluding hydrogens is 424 g/mol. The number of imidazole rings is 1. The molecule has 6 rings (SSSR count). The van der Waals surface area contributed by atoms with Crippen LogP contribution in [0.2, 0.25) is 0 Å². The summed E-state index contributed by atoms with van der Waals surface area (Å²) in [5, 5.41) is 12.3. The van der Waals surface area contributed by atoms with Crippen LogP contribution in [0.1, 0.15) is 18.4 Å². The Bertz CT molecular complexity index is 1420. The molecule has 1 aliphatic rings. The van der Waals surface area contributed by atoms with Crippen LogP contribution in [0.5, 0.6) is 5.75 Å². The van der Waals surface area contributed by atoms with Crippen LogP contribution in [-0.4, -0.2) is 51.3 Å². The maximum Gasteiger partial charge on any atom is 0.159 e. The average Bonchev–Trinajstić information content (AvgIpc) is 3.49. The monoisotopic (exact) mass is 452 g/mol. The number of benzene rings is 3. The van der Waals surface area contributed by atoms with Crippen LogP contribution in [0.15, 0.2) is 66.7 Å². The summed E-state index contributed by atoms with van der Waals surface area (Å²) < 4.78 is 5.38. The number of hydrogen-bond donors (Lipinski definition) is 3. The van der Waals surface area contributed by atoms with Crippen LogP contribution in [0.3, 0.4) is 0 Å². The normalized spacial score (nSPS) is 15.2. The quantitative estimate of drug-likeness (QED) is 0.330. The number of piperidine rings is 1. The Morgan fingerprint density at radius 1 is 1.00 bits per heavy atom. The molecule has 0 atom stereocenters. The van der Waals surface area contributed by atoms with E-state index < -0.39 is 0 Å². The number of nitrogens with one attached hydrogen (secondary N) is 3. The van der Waals surface area contributed by atoms with Crippen LogP contribution >= 0.6 is 0 Å². The van der Waals surface area contributed by atoms with Gasteiger partial charge in [0.05, 0.1) is 23.7 Å². The predicted octanol–water partition coefficient (Wildman–Crippen LogP) is 5.19. The lowest BCUT2D eigenvalue weighted by Gasteiger charge is -2.32. The van der Waals surface area contributed by atoms with Crippen molar-refractivity contribution in [3.63, 3.8) is 0 Å². The van der Waals surface area contributed by atoms with Crippen LogP contribution in [0.4, 0.5) is 5.69 Å². The molecule has 1 aliphatic heterocycles. The van der Waals surface area contributed by atoms with Gasteiger partial charge in [-0.25, -0.2) is 4.98 Å². The molecule has 0 bridgehead atoms. The summed E-state index contributed by atoms with van der Waals surface area (Å²) in [5.41, 5.74) is 6.19. The highest BCUT2D eigenvalue weighted by molar-refractivity contribution is 5.94. The topological polar surface area (TPSA) is 81.9 Å². The van der Waals surface area contributed by atoms with E-state index in [0.717, 1.165) is 77.4 Å². The standard InChI is InChI=1S/C27H28N6O/c1-34-21-8-10-23-22(16-21)26(32-31-23)27-29-24-9-7-20(15-25(24)30-27)28-19-11-13-33(14-12-19)17-18-5-3-2-4-6-18/h2-10,15-16,19,28H,11-14,17H2,1H3,(H,29,30)(H,31,32). The minimum atomic E-state index is 0.481. The van der Waals surface area contributed by atoms with Crippen molar-refractivity contribution in [3.8, 4) is 17.3 Å². The van der Waals surface area contributed by atoms with E-state index >= 15 is 0 Å². The van der Waals surface area contributed by atoms with Gasteiger partial charge in [0, 0.05) is 36.7 Å². The molecule has 3 heterocycles. The third-order valence-corrected chi connectivity index (χ3v) is 6.68. The minimum Gasteiger partial charge on any atom is -0.497 e. The molecule has 0 spiro atoms. The lowest BCUT2D eigenvalue weighted by atomic mass is 10.0. The molecule has 0 aliphatic carbocycles. The van der Waals surface area contributed by atoms with Crippen molar-refractivity contribution in [2.45, 2.75) is 25.4 Å². The van der Waals surface area contributed by atoms with Crippen LogP contribution in [-0.2, 0) is 6.54 Å². The number of ether oxygens (including phenoxy) is 1. The fourth-order valence-electron chi connectivity index (χ4n) is 4.82. The highest BCUT2D eigenvalue weighted by atomic mass is 16.5. The first kappa shape index (κ1) is 20.7. The third-order valence-electron chi connectivity index (χ3n) is 6.68. The van der Waals surface area contributed by atoms with Gasteiger partial charge in [-0.05, 0) is 54.8 Å². The lowest BCUT2D eigenvalue weighted by Crippen LogP contribution is -2.38. The molecule has 0 radical (unpaired) electrons. The molecule has 0 saturated carbocycles. The molecule has 34 heavy (non-hydrogen) atoms. The Hall–Kier alpha value is -3.84. The molecule has 7 nitrogen and oxygen atoms in total.